The zero-order valence-corrected chi connectivity index (χ0v) is 12.9. The third-order valence-corrected chi connectivity index (χ3v) is 4.01. The van der Waals surface area contributed by atoms with E-state index in [1.807, 2.05) is 11.9 Å². The fraction of sp³-hybridized carbons (Fsp3) is 0.917. The van der Waals surface area contributed by atoms with Gasteiger partial charge in [-0.15, -0.1) is 24.8 Å². The van der Waals surface area contributed by atoms with Crippen LogP contribution in [-0.2, 0) is 4.79 Å². The zero-order valence-electron chi connectivity index (χ0n) is 11.2. The molecule has 6 heteroatoms. The molecule has 2 saturated heterocycles. The Kier molecular flexibility index (Phi) is 8.19. The summed E-state index contributed by atoms with van der Waals surface area (Å²) in [5.74, 6) is 0.326. The van der Waals surface area contributed by atoms with Crippen LogP contribution in [0.15, 0.2) is 0 Å². The number of halogens is 2. The van der Waals surface area contributed by atoms with Gasteiger partial charge < -0.3 is 10.2 Å². The van der Waals surface area contributed by atoms with Crippen molar-refractivity contribution in [2.24, 2.45) is 0 Å². The lowest BCUT2D eigenvalue weighted by atomic mass is 10.0. The molecule has 1 amide bonds. The van der Waals surface area contributed by atoms with Gasteiger partial charge in [-0.2, -0.15) is 0 Å². The van der Waals surface area contributed by atoms with Crippen molar-refractivity contribution in [3.8, 4) is 0 Å². The molecule has 0 unspecified atom stereocenters. The summed E-state index contributed by atoms with van der Waals surface area (Å²) in [7, 11) is 4.04. The van der Waals surface area contributed by atoms with Gasteiger partial charge in [-0.05, 0) is 52.4 Å². The molecule has 0 bridgehead atoms. The molecule has 1 N–H and O–H groups in total. The normalized spacial score (nSPS) is 25.1. The lowest BCUT2D eigenvalue weighted by Gasteiger charge is -2.34. The van der Waals surface area contributed by atoms with Crippen LogP contribution in [0.4, 0.5) is 0 Å². The number of hydrogen-bond donors (Lipinski definition) is 1. The predicted octanol–water partition coefficient (Wildman–Crippen LogP) is 1.13. The van der Waals surface area contributed by atoms with E-state index in [0.717, 1.165) is 45.3 Å². The molecular weight excluding hydrogens is 273 g/mol. The summed E-state index contributed by atoms with van der Waals surface area (Å²) in [5.41, 5.74) is 0. The topological polar surface area (TPSA) is 35.6 Å². The molecule has 0 saturated carbocycles. The number of carbonyl (C=O) groups excluding carboxylic acids is 1. The molecule has 1 atom stereocenters. The summed E-state index contributed by atoms with van der Waals surface area (Å²) < 4.78 is 0. The number of hydrogen-bond acceptors (Lipinski definition) is 3. The number of likely N-dealkylation sites (N-methyl/N-ethyl adjacent to an activating group) is 2. The molecule has 2 aliphatic heterocycles. The average molecular weight is 298 g/mol. The Hall–Kier alpha value is -0.0300. The Bertz CT molecular complexity index is 260. The Morgan fingerprint density at radius 3 is 2.33 bits per heavy atom. The van der Waals surface area contributed by atoms with Gasteiger partial charge in [0.2, 0.25) is 5.91 Å². The van der Waals surface area contributed by atoms with E-state index in [1.165, 1.54) is 0 Å². The van der Waals surface area contributed by atoms with Crippen molar-refractivity contribution >= 4 is 30.7 Å². The van der Waals surface area contributed by atoms with Crippen molar-refractivity contribution in [3.05, 3.63) is 0 Å². The number of likely N-dealkylation sites (tertiary alicyclic amines) is 1. The Morgan fingerprint density at radius 2 is 1.83 bits per heavy atom. The maximum atomic E-state index is 12.3. The average Bonchev–Trinajstić information content (AvgIpc) is 2.75. The highest BCUT2D eigenvalue weighted by Gasteiger charge is 2.32. The first-order valence-corrected chi connectivity index (χ1v) is 6.38. The minimum atomic E-state index is 0. The lowest BCUT2D eigenvalue weighted by molar-refractivity contribution is -0.136. The van der Waals surface area contributed by atoms with Crippen LogP contribution in [0.5, 0.6) is 0 Å². The van der Waals surface area contributed by atoms with Gasteiger partial charge in [-0.1, -0.05) is 0 Å². The van der Waals surface area contributed by atoms with Crippen molar-refractivity contribution in [1.29, 1.82) is 0 Å². The van der Waals surface area contributed by atoms with Crippen LogP contribution in [0, 0.1) is 0 Å². The molecule has 0 aromatic carbocycles. The van der Waals surface area contributed by atoms with Gasteiger partial charge in [0.25, 0.3) is 0 Å². The van der Waals surface area contributed by atoms with Gasteiger partial charge in [0, 0.05) is 13.1 Å². The number of carbonyl (C=O) groups is 1. The third-order valence-electron chi connectivity index (χ3n) is 4.01. The van der Waals surface area contributed by atoms with E-state index in [0.29, 0.717) is 11.9 Å². The second-order valence-electron chi connectivity index (χ2n) is 5.07. The van der Waals surface area contributed by atoms with Crippen LogP contribution in [0.2, 0.25) is 0 Å². The number of piperidine rings is 1. The first kappa shape index (κ1) is 18.0. The van der Waals surface area contributed by atoms with Gasteiger partial charge in [0.1, 0.15) is 0 Å². The van der Waals surface area contributed by atoms with Crippen molar-refractivity contribution in [2.75, 3.05) is 33.7 Å². The predicted molar refractivity (Wildman–Crippen MR) is 78.8 cm³/mol. The number of nitrogens with zero attached hydrogens (tertiary/aromatic N) is 2. The monoisotopic (exact) mass is 297 g/mol. The summed E-state index contributed by atoms with van der Waals surface area (Å²) in [4.78, 5) is 16.5. The standard InChI is InChI=1S/C12H23N3O.2ClH/c1-14-9-3-4-11(14)12(16)15(2)10-5-7-13-8-6-10;;/h10-11,13H,3-9H2,1-2H3;2*1H/t11-;;/m0../s1. The number of amides is 1. The fourth-order valence-electron chi connectivity index (χ4n) is 2.83. The molecule has 0 aromatic heterocycles. The van der Waals surface area contributed by atoms with E-state index < -0.39 is 0 Å². The molecule has 2 rings (SSSR count). The minimum Gasteiger partial charge on any atom is -0.341 e. The molecule has 0 aliphatic carbocycles. The number of rotatable bonds is 2. The van der Waals surface area contributed by atoms with Gasteiger partial charge in [0.15, 0.2) is 0 Å². The summed E-state index contributed by atoms with van der Waals surface area (Å²) in [6.07, 6.45) is 4.38. The van der Waals surface area contributed by atoms with Gasteiger partial charge in [0.05, 0.1) is 6.04 Å². The summed E-state index contributed by atoms with van der Waals surface area (Å²) >= 11 is 0. The second kappa shape index (κ2) is 8.20. The quantitative estimate of drug-likeness (QED) is 0.830. The van der Waals surface area contributed by atoms with Crippen LogP contribution >= 0.6 is 24.8 Å². The summed E-state index contributed by atoms with van der Waals surface area (Å²) in [5, 5.41) is 3.34. The van der Waals surface area contributed by atoms with E-state index in [4.69, 9.17) is 0 Å². The van der Waals surface area contributed by atoms with E-state index >= 15 is 0 Å². The maximum Gasteiger partial charge on any atom is 0.239 e. The van der Waals surface area contributed by atoms with Gasteiger partial charge in [-0.25, -0.2) is 0 Å². The maximum absolute atomic E-state index is 12.3. The summed E-state index contributed by atoms with van der Waals surface area (Å²) in [6.45, 7) is 3.15. The van der Waals surface area contributed by atoms with Gasteiger partial charge >= 0.3 is 0 Å². The smallest absolute Gasteiger partial charge is 0.239 e. The molecule has 108 valence electrons. The van der Waals surface area contributed by atoms with Crippen LogP contribution in [0.3, 0.4) is 0 Å². The molecule has 0 radical (unpaired) electrons. The molecule has 0 aromatic rings. The molecule has 18 heavy (non-hydrogen) atoms. The lowest BCUT2D eigenvalue weighted by Crippen LogP contribution is -2.49. The highest BCUT2D eigenvalue weighted by Crippen LogP contribution is 2.19. The first-order chi connectivity index (χ1) is 7.70. The van der Waals surface area contributed by atoms with Crippen LogP contribution < -0.4 is 5.32 Å². The zero-order chi connectivity index (χ0) is 11.5. The molecular formula is C12H25Cl2N3O. The second-order valence-corrected chi connectivity index (χ2v) is 5.07. The largest absolute Gasteiger partial charge is 0.341 e. The van der Waals surface area contributed by atoms with E-state index in [-0.39, 0.29) is 30.9 Å². The summed E-state index contributed by atoms with van der Waals surface area (Å²) in [6, 6.07) is 0.586. The third kappa shape index (κ3) is 3.98. The minimum absolute atomic E-state index is 0. The van der Waals surface area contributed by atoms with Crippen molar-refractivity contribution in [3.63, 3.8) is 0 Å². The van der Waals surface area contributed by atoms with Crippen molar-refractivity contribution in [2.45, 2.75) is 37.8 Å². The van der Waals surface area contributed by atoms with Crippen molar-refractivity contribution < 1.29 is 4.79 Å². The van der Waals surface area contributed by atoms with E-state index in [1.54, 1.807) is 0 Å². The molecule has 4 nitrogen and oxygen atoms in total. The Labute approximate surface area is 122 Å². The fourth-order valence-corrected chi connectivity index (χ4v) is 2.83. The SMILES string of the molecule is CN(C(=O)[C@@H]1CCCN1C)C1CCNCC1.Cl.Cl. The molecule has 0 spiro atoms. The number of nitrogens with one attached hydrogen (secondary N) is 1. The molecule has 2 fully saturated rings. The van der Waals surface area contributed by atoms with E-state index in [9.17, 15) is 4.79 Å². The molecule has 2 heterocycles. The van der Waals surface area contributed by atoms with Crippen molar-refractivity contribution in [1.82, 2.24) is 15.1 Å². The Balaban J connectivity index is 0.00000144. The van der Waals surface area contributed by atoms with E-state index in [2.05, 4.69) is 17.3 Å². The molecule has 2 aliphatic rings. The van der Waals surface area contributed by atoms with Crippen LogP contribution in [0.25, 0.3) is 0 Å². The van der Waals surface area contributed by atoms with Crippen LogP contribution in [-0.4, -0.2) is 61.5 Å². The first-order valence-electron chi connectivity index (χ1n) is 6.38. The highest BCUT2D eigenvalue weighted by molar-refractivity contribution is 5.85. The Morgan fingerprint density at radius 1 is 1.22 bits per heavy atom. The highest BCUT2D eigenvalue weighted by atomic mass is 35.5. The van der Waals surface area contributed by atoms with Crippen LogP contribution in [0.1, 0.15) is 25.7 Å². The van der Waals surface area contributed by atoms with Gasteiger partial charge in [-0.3, -0.25) is 9.69 Å².